The normalized spacial score (nSPS) is 25.3. The molecule has 5 heteroatoms. The minimum Gasteiger partial charge on any atom is -0.353 e. The van der Waals surface area contributed by atoms with Crippen LogP contribution in [0.5, 0.6) is 0 Å². The Labute approximate surface area is 176 Å². The maximum absolute atomic E-state index is 4.57. The molecule has 0 amide bonds. The minimum atomic E-state index is 0. The fourth-order valence-corrected chi connectivity index (χ4v) is 4.19. The highest BCUT2D eigenvalue weighted by Gasteiger charge is 2.40. The third kappa shape index (κ3) is 5.12. The van der Waals surface area contributed by atoms with Crippen molar-refractivity contribution < 1.29 is 0 Å². The molecule has 3 rings (SSSR count). The van der Waals surface area contributed by atoms with Crippen LogP contribution in [0.4, 0.5) is 0 Å². The van der Waals surface area contributed by atoms with E-state index in [1.165, 1.54) is 30.5 Å². The third-order valence-electron chi connectivity index (χ3n) is 5.90. The van der Waals surface area contributed by atoms with Gasteiger partial charge in [-0.2, -0.15) is 0 Å². The molecule has 2 aliphatic rings. The molecule has 0 aromatic heterocycles. The van der Waals surface area contributed by atoms with Gasteiger partial charge in [-0.1, -0.05) is 38.1 Å². The second-order valence-electron chi connectivity index (χ2n) is 7.58. The molecule has 1 aliphatic heterocycles. The van der Waals surface area contributed by atoms with Crippen molar-refractivity contribution in [2.75, 3.05) is 39.8 Å². The van der Waals surface area contributed by atoms with Gasteiger partial charge in [-0.25, -0.2) is 0 Å². The SMILES string of the molecule is CCN(CC)CC1CCN(C(=NC)NC2CC2c2ccccc2C)C1.I. The first kappa shape index (κ1) is 21.5. The van der Waals surface area contributed by atoms with Gasteiger partial charge in [-0.3, -0.25) is 4.99 Å². The summed E-state index contributed by atoms with van der Waals surface area (Å²) in [4.78, 5) is 9.57. The summed E-state index contributed by atoms with van der Waals surface area (Å²) in [6, 6.07) is 9.33. The highest BCUT2D eigenvalue weighted by atomic mass is 127. The summed E-state index contributed by atoms with van der Waals surface area (Å²) in [6.07, 6.45) is 2.50. The van der Waals surface area contributed by atoms with Crippen LogP contribution in [0.25, 0.3) is 0 Å². The number of nitrogens with zero attached hydrogens (tertiary/aromatic N) is 3. The summed E-state index contributed by atoms with van der Waals surface area (Å²) in [5, 5.41) is 3.72. The molecule has 26 heavy (non-hydrogen) atoms. The summed E-state index contributed by atoms with van der Waals surface area (Å²) < 4.78 is 0. The molecule has 1 N–H and O–H groups in total. The molecule has 1 heterocycles. The van der Waals surface area contributed by atoms with E-state index in [4.69, 9.17) is 0 Å². The van der Waals surface area contributed by atoms with Gasteiger partial charge in [-0.15, -0.1) is 24.0 Å². The van der Waals surface area contributed by atoms with Crippen LogP contribution >= 0.6 is 24.0 Å². The molecule has 146 valence electrons. The average molecular weight is 470 g/mol. The summed E-state index contributed by atoms with van der Waals surface area (Å²) in [7, 11) is 1.92. The van der Waals surface area contributed by atoms with Crippen molar-refractivity contribution >= 4 is 29.9 Å². The molecule has 4 nitrogen and oxygen atoms in total. The van der Waals surface area contributed by atoms with Gasteiger partial charge in [0, 0.05) is 38.6 Å². The van der Waals surface area contributed by atoms with E-state index in [1.54, 1.807) is 0 Å². The molecule has 0 radical (unpaired) electrons. The van der Waals surface area contributed by atoms with Crippen LogP contribution in [-0.2, 0) is 0 Å². The van der Waals surface area contributed by atoms with Crippen LogP contribution in [0, 0.1) is 12.8 Å². The predicted molar refractivity (Wildman–Crippen MR) is 122 cm³/mol. The zero-order valence-electron chi connectivity index (χ0n) is 16.7. The molecule has 1 aromatic carbocycles. The second-order valence-corrected chi connectivity index (χ2v) is 7.58. The number of hydrogen-bond donors (Lipinski definition) is 1. The van der Waals surface area contributed by atoms with Gasteiger partial charge in [-0.05, 0) is 49.9 Å². The van der Waals surface area contributed by atoms with Crippen LogP contribution in [0.15, 0.2) is 29.3 Å². The number of benzene rings is 1. The van der Waals surface area contributed by atoms with Gasteiger partial charge in [0.2, 0.25) is 0 Å². The van der Waals surface area contributed by atoms with Crippen molar-refractivity contribution in [3.63, 3.8) is 0 Å². The highest BCUT2D eigenvalue weighted by molar-refractivity contribution is 14.0. The van der Waals surface area contributed by atoms with Gasteiger partial charge < -0.3 is 15.1 Å². The van der Waals surface area contributed by atoms with Gasteiger partial charge in [0.25, 0.3) is 0 Å². The lowest BCUT2D eigenvalue weighted by molar-refractivity contribution is 0.255. The van der Waals surface area contributed by atoms with Gasteiger partial charge in [0.1, 0.15) is 0 Å². The van der Waals surface area contributed by atoms with E-state index >= 15 is 0 Å². The number of aliphatic imine (C=N–C) groups is 1. The zero-order chi connectivity index (χ0) is 17.8. The number of guanidine groups is 1. The fraction of sp³-hybridized carbons (Fsp3) is 0.667. The number of nitrogens with one attached hydrogen (secondary N) is 1. The Morgan fingerprint density at radius 3 is 2.65 bits per heavy atom. The van der Waals surface area contributed by atoms with Crippen molar-refractivity contribution in [3.8, 4) is 0 Å². The fourth-order valence-electron chi connectivity index (χ4n) is 4.19. The van der Waals surface area contributed by atoms with Crippen LogP contribution < -0.4 is 5.32 Å². The van der Waals surface area contributed by atoms with Crippen molar-refractivity contribution in [1.82, 2.24) is 15.1 Å². The molecular weight excluding hydrogens is 435 g/mol. The van der Waals surface area contributed by atoms with Crippen molar-refractivity contribution in [1.29, 1.82) is 0 Å². The number of hydrogen-bond acceptors (Lipinski definition) is 2. The largest absolute Gasteiger partial charge is 0.353 e. The zero-order valence-corrected chi connectivity index (χ0v) is 19.1. The Morgan fingerprint density at radius 1 is 1.27 bits per heavy atom. The second kappa shape index (κ2) is 9.93. The van der Waals surface area contributed by atoms with E-state index in [9.17, 15) is 0 Å². The summed E-state index contributed by atoms with van der Waals surface area (Å²) >= 11 is 0. The van der Waals surface area contributed by atoms with Crippen LogP contribution in [0.1, 0.15) is 43.7 Å². The van der Waals surface area contributed by atoms with Crippen LogP contribution in [0.2, 0.25) is 0 Å². The van der Waals surface area contributed by atoms with E-state index in [-0.39, 0.29) is 24.0 Å². The molecule has 3 atom stereocenters. The van der Waals surface area contributed by atoms with Crippen LogP contribution in [0.3, 0.4) is 0 Å². The van der Waals surface area contributed by atoms with E-state index in [0.29, 0.717) is 12.0 Å². The quantitative estimate of drug-likeness (QED) is 0.391. The first-order chi connectivity index (χ1) is 12.2. The molecule has 1 aromatic rings. The number of rotatable bonds is 6. The van der Waals surface area contributed by atoms with E-state index in [1.807, 2.05) is 7.05 Å². The summed E-state index contributed by atoms with van der Waals surface area (Å²) in [5.41, 5.74) is 2.91. The Hall–Kier alpha value is -0.820. The highest BCUT2D eigenvalue weighted by Crippen LogP contribution is 2.42. The Morgan fingerprint density at radius 2 is 2.00 bits per heavy atom. The van der Waals surface area contributed by atoms with E-state index in [2.05, 4.69) is 65.1 Å². The lowest BCUT2D eigenvalue weighted by Gasteiger charge is -2.24. The van der Waals surface area contributed by atoms with Crippen LogP contribution in [-0.4, -0.2) is 61.6 Å². The maximum Gasteiger partial charge on any atom is 0.193 e. The lowest BCUT2D eigenvalue weighted by atomic mass is 10.0. The van der Waals surface area contributed by atoms with Crippen molar-refractivity contribution in [3.05, 3.63) is 35.4 Å². The molecule has 1 saturated carbocycles. The summed E-state index contributed by atoms with van der Waals surface area (Å²) in [6.45, 7) is 12.5. The third-order valence-corrected chi connectivity index (χ3v) is 5.90. The molecule has 3 unspecified atom stereocenters. The lowest BCUT2D eigenvalue weighted by Crippen LogP contribution is -2.42. The monoisotopic (exact) mass is 470 g/mol. The van der Waals surface area contributed by atoms with Gasteiger partial charge in [0.15, 0.2) is 5.96 Å². The number of aryl methyl sites for hydroxylation is 1. The Kier molecular flexibility index (Phi) is 8.20. The van der Waals surface area contributed by atoms with E-state index < -0.39 is 0 Å². The molecule has 1 aliphatic carbocycles. The minimum absolute atomic E-state index is 0. The molecule has 2 fully saturated rings. The molecule has 0 spiro atoms. The number of halogens is 1. The standard InChI is InChI=1S/C21H34N4.HI/c1-5-24(6-2)14-17-11-12-25(15-17)21(22-4)23-20-13-19(20)18-10-8-7-9-16(18)3;/h7-10,17,19-20H,5-6,11-15H2,1-4H3,(H,22,23);1H. The summed E-state index contributed by atoms with van der Waals surface area (Å²) in [5.74, 6) is 2.51. The average Bonchev–Trinajstić information content (AvgIpc) is 3.24. The Balaban J connectivity index is 0.00000243. The Bertz CT molecular complexity index is 599. The van der Waals surface area contributed by atoms with Crippen molar-refractivity contribution in [2.24, 2.45) is 10.9 Å². The van der Waals surface area contributed by atoms with E-state index in [0.717, 1.165) is 38.1 Å². The first-order valence-corrected chi connectivity index (χ1v) is 9.92. The first-order valence-electron chi connectivity index (χ1n) is 9.92. The molecular formula is C21H35IN4. The van der Waals surface area contributed by atoms with Gasteiger partial charge in [0.05, 0.1) is 0 Å². The van der Waals surface area contributed by atoms with Crippen molar-refractivity contribution in [2.45, 2.75) is 45.6 Å². The maximum atomic E-state index is 4.57. The molecule has 0 bridgehead atoms. The predicted octanol–water partition coefficient (Wildman–Crippen LogP) is 3.71. The molecule has 1 saturated heterocycles. The van der Waals surface area contributed by atoms with Gasteiger partial charge >= 0.3 is 0 Å². The topological polar surface area (TPSA) is 30.9 Å². The number of likely N-dealkylation sites (tertiary alicyclic amines) is 1. The smallest absolute Gasteiger partial charge is 0.193 e.